The number of nitrogens with one attached hydrogen (secondary N) is 2. The molecule has 2 rings (SSSR count). The summed E-state index contributed by atoms with van der Waals surface area (Å²) in [6.45, 7) is 4.31. The highest BCUT2D eigenvalue weighted by Crippen LogP contribution is 2.29. The first-order valence-electron chi connectivity index (χ1n) is 8.14. The van der Waals surface area contributed by atoms with Gasteiger partial charge in [0.25, 0.3) is 0 Å². The van der Waals surface area contributed by atoms with Crippen molar-refractivity contribution in [2.24, 2.45) is 4.99 Å². The maximum Gasteiger partial charge on any atom is 0.434 e. The molecule has 10 heteroatoms. The molecular weight excluding hydrogens is 353 g/mol. The molecule has 1 aromatic rings. The van der Waals surface area contributed by atoms with Crippen molar-refractivity contribution in [3.63, 3.8) is 0 Å². The number of guanidine groups is 1. The van der Waals surface area contributed by atoms with Gasteiger partial charge in [-0.05, 0) is 14.1 Å². The zero-order valence-electron chi connectivity index (χ0n) is 14.7. The van der Waals surface area contributed by atoms with Gasteiger partial charge in [0.15, 0.2) is 11.7 Å². The molecule has 1 aliphatic heterocycles. The van der Waals surface area contributed by atoms with E-state index < -0.39 is 11.9 Å². The van der Waals surface area contributed by atoms with Crippen molar-refractivity contribution in [1.82, 2.24) is 25.4 Å². The number of likely N-dealkylation sites (N-methyl/N-ethyl adjacent to an activating group) is 2. The quantitative estimate of drug-likeness (QED) is 0.594. The Hall–Kier alpha value is -1.39. The van der Waals surface area contributed by atoms with Crippen LogP contribution in [-0.4, -0.2) is 80.7 Å². The van der Waals surface area contributed by atoms with Crippen molar-refractivity contribution >= 4 is 17.3 Å². The van der Waals surface area contributed by atoms with Gasteiger partial charge in [-0.3, -0.25) is 9.89 Å². The average molecular weight is 378 g/mol. The topological polar surface area (TPSA) is 55.8 Å². The fourth-order valence-electron chi connectivity index (χ4n) is 2.60. The monoisotopic (exact) mass is 378 g/mol. The summed E-state index contributed by atoms with van der Waals surface area (Å²) in [7, 11) is 5.89. The summed E-state index contributed by atoms with van der Waals surface area (Å²) in [5, 5.41) is 7.92. The third-order valence-electron chi connectivity index (χ3n) is 4.18. The van der Waals surface area contributed by atoms with E-state index in [0.29, 0.717) is 30.0 Å². The highest BCUT2D eigenvalue weighted by molar-refractivity contribution is 7.09. The van der Waals surface area contributed by atoms with Crippen molar-refractivity contribution in [3.05, 3.63) is 16.1 Å². The van der Waals surface area contributed by atoms with Crippen LogP contribution in [0.15, 0.2) is 10.4 Å². The van der Waals surface area contributed by atoms with Crippen LogP contribution in [0.2, 0.25) is 0 Å². The van der Waals surface area contributed by atoms with E-state index in [-0.39, 0.29) is 0 Å². The molecule has 142 valence electrons. The summed E-state index contributed by atoms with van der Waals surface area (Å²) in [6.07, 6.45) is -3.95. The summed E-state index contributed by atoms with van der Waals surface area (Å²) in [4.78, 5) is 12.4. The molecule has 2 N–H and O–H groups in total. The molecule has 0 spiro atoms. The van der Waals surface area contributed by atoms with Gasteiger partial charge in [0.2, 0.25) is 0 Å². The number of nitrogens with zero attached hydrogens (tertiary/aromatic N) is 4. The number of piperazine rings is 1. The number of halogens is 3. The van der Waals surface area contributed by atoms with Gasteiger partial charge in [0.1, 0.15) is 0 Å². The molecular formula is C15H25F3N6S. The molecule has 0 amide bonds. The number of aromatic nitrogens is 1. The van der Waals surface area contributed by atoms with E-state index in [0.717, 1.165) is 42.9 Å². The summed E-state index contributed by atoms with van der Waals surface area (Å²) < 4.78 is 37.6. The van der Waals surface area contributed by atoms with Crippen molar-refractivity contribution in [1.29, 1.82) is 0 Å². The molecule has 1 saturated heterocycles. The lowest BCUT2D eigenvalue weighted by Gasteiger charge is -2.37. The van der Waals surface area contributed by atoms with Gasteiger partial charge in [0, 0.05) is 57.6 Å². The molecule has 0 saturated carbocycles. The zero-order valence-corrected chi connectivity index (χ0v) is 15.5. The molecule has 1 fully saturated rings. The molecule has 1 aliphatic rings. The fraction of sp³-hybridized carbons (Fsp3) is 0.733. The predicted octanol–water partition coefficient (Wildman–Crippen LogP) is 1.12. The Morgan fingerprint density at radius 1 is 1.36 bits per heavy atom. The Morgan fingerprint density at radius 2 is 2.12 bits per heavy atom. The molecule has 0 aliphatic carbocycles. The third-order valence-corrected chi connectivity index (χ3v) is 5.09. The lowest BCUT2D eigenvalue weighted by atomic mass is 10.2. The maximum atomic E-state index is 12.5. The SMILES string of the molecule is CN=C(NCCc1nc(C(F)(F)F)cs1)NCC1CN(C)CCN1C. The van der Waals surface area contributed by atoms with Gasteiger partial charge in [-0.1, -0.05) is 0 Å². The third kappa shape index (κ3) is 6.12. The van der Waals surface area contributed by atoms with Crippen LogP contribution in [0.4, 0.5) is 13.2 Å². The second kappa shape index (κ2) is 8.81. The molecule has 0 bridgehead atoms. The number of hydrogen-bond acceptors (Lipinski definition) is 5. The van der Waals surface area contributed by atoms with Crippen LogP contribution in [0, 0.1) is 0 Å². The van der Waals surface area contributed by atoms with Crippen LogP contribution in [0.5, 0.6) is 0 Å². The van der Waals surface area contributed by atoms with E-state index in [1.165, 1.54) is 0 Å². The van der Waals surface area contributed by atoms with Crippen molar-refractivity contribution in [2.75, 3.05) is 53.9 Å². The Balaban J connectivity index is 1.74. The van der Waals surface area contributed by atoms with Gasteiger partial charge < -0.3 is 15.5 Å². The van der Waals surface area contributed by atoms with Crippen LogP contribution in [-0.2, 0) is 12.6 Å². The molecule has 1 unspecified atom stereocenters. The van der Waals surface area contributed by atoms with Crippen molar-refractivity contribution < 1.29 is 13.2 Å². The van der Waals surface area contributed by atoms with Gasteiger partial charge in [-0.15, -0.1) is 11.3 Å². The van der Waals surface area contributed by atoms with E-state index >= 15 is 0 Å². The number of thiazole rings is 1. The van der Waals surface area contributed by atoms with E-state index in [4.69, 9.17) is 0 Å². The summed E-state index contributed by atoms with van der Waals surface area (Å²) in [5.74, 6) is 0.647. The molecule has 25 heavy (non-hydrogen) atoms. The summed E-state index contributed by atoms with van der Waals surface area (Å²) in [5.41, 5.74) is -0.820. The van der Waals surface area contributed by atoms with E-state index in [2.05, 4.69) is 44.5 Å². The van der Waals surface area contributed by atoms with E-state index in [1.807, 2.05) is 0 Å². The Kier molecular flexibility index (Phi) is 7.03. The van der Waals surface area contributed by atoms with Crippen LogP contribution in [0.1, 0.15) is 10.7 Å². The van der Waals surface area contributed by atoms with Gasteiger partial charge >= 0.3 is 6.18 Å². The molecule has 1 aromatic heterocycles. The Bertz CT molecular complexity index is 574. The summed E-state index contributed by atoms with van der Waals surface area (Å²) in [6, 6.07) is 0.394. The normalized spacial score (nSPS) is 20.7. The van der Waals surface area contributed by atoms with Gasteiger partial charge in [-0.25, -0.2) is 4.98 Å². The standard InChI is InChI=1S/C15H25F3N6S/c1-19-14(21-8-11-9-23(2)6-7-24(11)3)20-5-4-13-22-12(10-25-13)15(16,17)18/h10-11H,4-9H2,1-3H3,(H2,19,20,21). The molecule has 0 radical (unpaired) electrons. The number of aliphatic imine (C=N–C) groups is 1. The second-order valence-electron chi connectivity index (χ2n) is 6.15. The first kappa shape index (κ1) is 19.9. The largest absolute Gasteiger partial charge is 0.434 e. The average Bonchev–Trinajstić information content (AvgIpc) is 3.03. The minimum Gasteiger partial charge on any atom is -0.356 e. The highest BCUT2D eigenvalue weighted by Gasteiger charge is 2.33. The molecule has 0 aromatic carbocycles. The van der Waals surface area contributed by atoms with Crippen LogP contribution in [0.25, 0.3) is 0 Å². The number of rotatable bonds is 5. The summed E-state index contributed by atoms with van der Waals surface area (Å²) >= 11 is 1.03. The molecule has 2 heterocycles. The number of hydrogen-bond donors (Lipinski definition) is 2. The second-order valence-corrected chi connectivity index (χ2v) is 7.09. The zero-order chi connectivity index (χ0) is 18.4. The minimum absolute atomic E-state index is 0.394. The van der Waals surface area contributed by atoms with E-state index in [1.54, 1.807) is 7.05 Å². The Morgan fingerprint density at radius 3 is 2.76 bits per heavy atom. The lowest BCUT2D eigenvalue weighted by Crippen LogP contribution is -2.55. The van der Waals surface area contributed by atoms with Crippen molar-refractivity contribution in [2.45, 2.75) is 18.6 Å². The minimum atomic E-state index is -4.38. The molecule has 1 atom stereocenters. The highest BCUT2D eigenvalue weighted by atomic mass is 32.1. The first-order chi connectivity index (χ1) is 11.8. The van der Waals surface area contributed by atoms with Crippen LogP contribution >= 0.6 is 11.3 Å². The van der Waals surface area contributed by atoms with Crippen LogP contribution < -0.4 is 10.6 Å². The Labute approximate surface area is 150 Å². The fourth-order valence-corrected chi connectivity index (χ4v) is 3.41. The van der Waals surface area contributed by atoms with Crippen LogP contribution in [0.3, 0.4) is 0 Å². The lowest BCUT2D eigenvalue weighted by molar-refractivity contribution is -0.140. The predicted molar refractivity (Wildman–Crippen MR) is 94.1 cm³/mol. The van der Waals surface area contributed by atoms with Gasteiger partial charge in [-0.2, -0.15) is 13.2 Å². The molecule has 6 nitrogen and oxygen atoms in total. The first-order valence-corrected chi connectivity index (χ1v) is 9.02. The van der Waals surface area contributed by atoms with E-state index in [9.17, 15) is 13.2 Å². The smallest absolute Gasteiger partial charge is 0.356 e. The van der Waals surface area contributed by atoms with Gasteiger partial charge in [0.05, 0.1) is 5.01 Å². The maximum absolute atomic E-state index is 12.5. The van der Waals surface area contributed by atoms with Crippen molar-refractivity contribution in [3.8, 4) is 0 Å². The number of alkyl halides is 3.